The van der Waals surface area contributed by atoms with Gasteiger partial charge in [-0.25, -0.2) is 0 Å². The Balaban J connectivity index is 1.30. The SMILES string of the molecule is CC(=O)N[C@H]1[C@H](O[C@H]2[C@@H](O)[C@@H](CO)O[C@@H](O[C@H]3[C@H](O)[C@@H](O)[C@H](O)O[C@@H]3CO)[C@@H]2O)O[C@H](CO)[C@@H](O[C@@H]2O[C@H](CO)[C@H](O)[C@H](O[C@H]3O[C@H](CO)[C@H](O)[C@H](O)[C@H]3O)[C@H]2O[C@@H]2O[C@@H](C)[C@@H](O)[C@@H](O)[C@@H]2O)[C@@H]1O. The van der Waals surface area contributed by atoms with Crippen LogP contribution in [0.1, 0.15) is 13.8 Å². The normalized spacial score (nSPS) is 52.1. The number of ether oxygens (including phenoxy) is 11. The first-order chi connectivity index (χ1) is 32.6. The summed E-state index contributed by atoms with van der Waals surface area (Å²) in [6, 6.07) is -1.82. The van der Waals surface area contributed by atoms with Gasteiger partial charge in [-0.1, -0.05) is 0 Å². The molecule has 0 aromatic carbocycles. The molecule has 1 amide bonds. The van der Waals surface area contributed by atoms with Crippen LogP contribution < -0.4 is 5.32 Å². The van der Waals surface area contributed by atoms with E-state index < -0.39 is 223 Å². The second-order valence-electron chi connectivity index (χ2n) is 17.5. The fourth-order valence-corrected chi connectivity index (χ4v) is 8.83. The molecule has 6 heterocycles. The number of carbonyl (C=O) groups excluding carboxylic acids is 1. The minimum atomic E-state index is -2.14. The summed E-state index contributed by atoms with van der Waals surface area (Å²) >= 11 is 0. The molecule has 0 bridgehead atoms. The van der Waals surface area contributed by atoms with Crippen LogP contribution >= 0.6 is 0 Å². The largest absolute Gasteiger partial charge is 0.394 e. The first-order valence-electron chi connectivity index (χ1n) is 22.0. The van der Waals surface area contributed by atoms with Gasteiger partial charge in [0.05, 0.1) is 39.1 Å². The fraction of sp³-hybridized carbons (Fsp3) is 0.974. The van der Waals surface area contributed by atoms with Crippen molar-refractivity contribution < 1.29 is 149 Å². The third kappa shape index (κ3) is 11.8. The van der Waals surface area contributed by atoms with Crippen molar-refractivity contribution in [1.29, 1.82) is 0 Å². The summed E-state index contributed by atoms with van der Waals surface area (Å²) in [5.41, 5.74) is 0. The molecule has 6 fully saturated rings. The van der Waals surface area contributed by atoms with Gasteiger partial charge in [-0.3, -0.25) is 4.79 Å². The van der Waals surface area contributed by atoms with Gasteiger partial charge < -0.3 is 149 Å². The molecule has 6 aliphatic rings. The molecule has 0 aromatic heterocycles. The topological polar surface area (TPSA) is 495 Å². The summed E-state index contributed by atoms with van der Waals surface area (Å²) in [4.78, 5) is 12.7. The van der Waals surface area contributed by atoms with Gasteiger partial charge in [-0.2, -0.15) is 0 Å². The monoisotopic (exact) mass is 1020 g/mol. The zero-order valence-corrected chi connectivity index (χ0v) is 36.8. The molecule has 31 heteroatoms. The molecule has 0 unspecified atom stereocenters. The number of hydrogen-bond donors (Lipinski definition) is 19. The predicted octanol–water partition coefficient (Wildman–Crippen LogP) is -12.9. The Kier molecular flexibility index (Phi) is 19.8. The number of amides is 1. The highest BCUT2D eigenvalue weighted by Gasteiger charge is 2.58. The Morgan fingerprint density at radius 2 is 0.783 bits per heavy atom. The minimum Gasteiger partial charge on any atom is -0.394 e. The van der Waals surface area contributed by atoms with E-state index in [1.807, 2.05) is 0 Å². The first-order valence-corrected chi connectivity index (χ1v) is 22.0. The van der Waals surface area contributed by atoms with Gasteiger partial charge in [0.15, 0.2) is 37.7 Å². The fourth-order valence-electron chi connectivity index (χ4n) is 8.83. The number of aliphatic hydroxyl groups excluding tert-OH is 18. The van der Waals surface area contributed by atoms with E-state index in [9.17, 15) is 96.7 Å². The molecule has 31 nitrogen and oxygen atoms in total. The Morgan fingerprint density at radius 1 is 0.377 bits per heavy atom. The number of carbonyl (C=O) groups is 1. The molecule has 402 valence electrons. The van der Waals surface area contributed by atoms with E-state index in [4.69, 9.17) is 52.1 Å². The smallest absolute Gasteiger partial charge is 0.217 e. The third-order valence-corrected chi connectivity index (χ3v) is 12.8. The quantitative estimate of drug-likeness (QED) is 0.0682. The van der Waals surface area contributed by atoms with Gasteiger partial charge in [-0.05, 0) is 6.92 Å². The number of nitrogens with one attached hydrogen (secondary N) is 1. The lowest BCUT2D eigenvalue weighted by molar-refractivity contribution is -0.405. The number of hydrogen-bond acceptors (Lipinski definition) is 30. The zero-order chi connectivity index (χ0) is 50.9. The van der Waals surface area contributed by atoms with Crippen molar-refractivity contribution in [2.45, 2.75) is 198 Å². The lowest BCUT2D eigenvalue weighted by Crippen LogP contribution is -2.70. The van der Waals surface area contributed by atoms with E-state index in [0.29, 0.717) is 0 Å². The molecule has 0 spiro atoms. The summed E-state index contributed by atoms with van der Waals surface area (Å²) in [6.45, 7) is -2.63. The van der Waals surface area contributed by atoms with Crippen LogP contribution in [0.5, 0.6) is 0 Å². The summed E-state index contributed by atoms with van der Waals surface area (Å²) in [5.74, 6) is -0.869. The van der Waals surface area contributed by atoms with Crippen LogP contribution in [0.25, 0.3) is 0 Å². The third-order valence-electron chi connectivity index (χ3n) is 12.8. The van der Waals surface area contributed by atoms with Crippen LogP contribution in [0.15, 0.2) is 0 Å². The maximum atomic E-state index is 12.7. The molecule has 0 aliphatic carbocycles. The van der Waals surface area contributed by atoms with Crippen LogP contribution in [0.4, 0.5) is 0 Å². The minimum absolute atomic E-state index is 0.869. The molecular weight excluding hydrogens is 950 g/mol. The molecular formula is C38H65NO30. The van der Waals surface area contributed by atoms with Crippen molar-refractivity contribution >= 4 is 5.91 Å². The molecule has 30 atom stereocenters. The highest BCUT2D eigenvalue weighted by molar-refractivity contribution is 5.73. The lowest BCUT2D eigenvalue weighted by Gasteiger charge is -2.51. The summed E-state index contributed by atoms with van der Waals surface area (Å²) in [6.07, 6.45) is -55.0. The molecule has 0 saturated carbocycles. The Bertz CT molecular complexity index is 1610. The maximum Gasteiger partial charge on any atom is 0.217 e. The van der Waals surface area contributed by atoms with Crippen LogP contribution in [0.3, 0.4) is 0 Å². The second kappa shape index (κ2) is 24.1. The van der Waals surface area contributed by atoms with Crippen LogP contribution in [0, 0.1) is 0 Å². The van der Waals surface area contributed by atoms with Crippen LogP contribution in [0.2, 0.25) is 0 Å². The van der Waals surface area contributed by atoms with Crippen molar-refractivity contribution in [3.05, 3.63) is 0 Å². The van der Waals surface area contributed by atoms with Gasteiger partial charge in [0.1, 0.15) is 140 Å². The van der Waals surface area contributed by atoms with Crippen molar-refractivity contribution in [3.63, 3.8) is 0 Å². The van der Waals surface area contributed by atoms with E-state index in [1.54, 1.807) is 0 Å². The predicted molar refractivity (Wildman–Crippen MR) is 209 cm³/mol. The molecule has 0 radical (unpaired) electrons. The molecule has 6 aliphatic heterocycles. The Morgan fingerprint density at radius 3 is 1.35 bits per heavy atom. The summed E-state index contributed by atoms with van der Waals surface area (Å²) in [7, 11) is 0. The van der Waals surface area contributed by atoms with Crippen molar-refractivity contribution in [1.82, 2.24) is 5.32 Å². The molecule has 69 heavy (non-hydrogen) atoms. The highest BCUT2D eigenvalue weighted by atomic mass is 16.8. The first kappa shape index (κ1) is 56.6. The Labute approximate surface area is 390 Å². The van der Waals surface area contributed by atoms with Gasteiger partial charge >= 0.3 is 0 Å². The summed E-state index contributed by atoms with van der Waals surface area (Å²) < 4.78 is 63.1. The van der Waals surface area contributed by atoms with Gasteiger partial charge in [-0.15, -0.1) is 0 Å². The zero-order valence-electron chi connectivity index (χ0n) is 36.8. The van der Waals surface area contributed by atoms with Gasteiger partial charge in [0.2, 0.25) is 5.91 Å². The van der Waals surface area contributed by atoms with E-state index in [-0.39, 0.29) is 0 Å². The van der Waals surface area contributed by atoms with E-state index >= 15 is 0 Å². The van der Waals surface area contributed by atoms with Gasteiger partial charge in [0, 0.05) is 6.92 Å². The van der Waals surface area contributed by atoms with Crippen molar-refractivity contribution in [2.75, 3.05) is 33.0 Å². The molecule has 6 saturated heterocycles. The van der Waals surface area contributed by atoms with Crippen molar-refractivity contribution in [3.8, 4) is 0 Å². The molecule has 0 aromatic rings. The van der Waals surface area contributed by atoms with E-state index in [0.717, 1.165) is 6.92 Å². The molecule has 6 rings (SSSR count). The number of aliphatic hydroxyl groups is 18. The maximum absolute atomic E-state index is 12.7. The second-order valence-corrected chi connectivity index (χ2v) is 17.5. The van der Waals surface area contributed by atoms with Crippen LogP contribution in [-0.2, 0) is 56.9 Å². The Hall–Kier alpha value is -1.69. The highest BCUT2D eigenvalue weighted by Crippen LogP contribution is 2.38. The standard InChI is InChI=1S/C38H65NO30/c1-8-16(46)21(51)25(55)35(59-8)69-32-31(68-36-26(56)22(52)17(47)10(3-40)61-36)19(49)12(5-42)63-38(32)66-28-14(7-44)64-34(15(20(28)50)39-9(2)45)67-30-18(48)11(4-41)62-37(27(30)57)65-29-13(6-43)60-33(58)24(54)23(29)53/h8,10-38,40-44,46-58H,3-7H2,1-2H3,(H,39,45)/t8-,10+,11+,12+,13+,14+,15+,16+,17-,18-,19-,20+,21+,22-,23+,24+,25-,26+,27+,28+,29+,30-,31-,32+,33+,34-,35-,36+,37-,38-/m0/s1. The average Bonchev–Trinajstić information content (AvgIpc) is 3.32. The average molecular weight is 1020 g/mol. The van der Waals surface area contributed by atoms with Crippen LogP contribution in [-0.4, -0.2) is 315 Å². The van der Waals surface area contributed by atoms with Crippen molar-refractivity contribution in [2.24, 2.45) is 0 Å². The van der Waals surface area contributed by atoms with Gasteiger partial charge in [0.25, 0.3) is 0 Å². The number of rotatable bonds is 16. The van der Waals surface area contributed by atoms with E-state index in [2.05, 4.69) is 5.32 Å². The van der Waals surface area contributed by atoms with E-state index in [1.165, 1.54) is 6.92 Å². The summed E-state index contributed by atoms with van der Waals surface area (Å²) in [5, 5.41) is 194. The lowest BCUT2D eigenvalue weighted by atomic mass is 9.94. The molecule has 19 N–H and O–H groups in total.